The van der Waals surface area contributed by atoms with E-state index in [4.69, 9.17) is 4.74 Å². The third-order valence-corrected chi connectivity index (χ3v) is 4.57. The van der Waals surface area contributed by atoms with E-state index in [9.17, 15) is 4.79 Å². The normalized spacial score (nSPS) is 21.5. The van der Waals surface area contributed by atoms with Crippen LogP contribution in [0.5, 0.6) is 0 Å². The average Bonchev–Trinajstić information content (AvgIpc) is 2.86. The zero-order valence-corrected chi connectivity index (χ0v) is 15.8. The van der Waals surface area contributed by atoms with Crippen LogP contribution in [0.1, 0.15) is 91.9 Å². The van der Waals surface area contributed by atoms with E-state index < -0.39 is 5.60 Å². The van der Waals surface area contributed by atoms with E-state index in [1.54, 1.807) is 0 Å². The highest BCUT2D eigenvalue weighted by molar-refractivity contribution is 5.69. The molecule has 0 aromatic heterocycles. The SMILES string of the molecule is C=CCC[C@@H]1CC[C@H](CCCCCCC)N1C(=O)OC(C)(C)C. The summed E-state index contributed by atoms with van der Waals surface area (Å²) in [5.41, 5.74) is -0.422. The Kier molecular flexibility index (Phi) is 8.72. The Labute approximate surface area is 143 Å². The van der Waals surface area contributed by atoms with Crippen LogP contribution in [0.25, 0.3) is 0 Å². The number of nitrogens with zero attached hydrogens (tertiary/aromatic N) is 1. The third-order valence-electron chi connectivity index (χ3n) is 4.57. The zero-order valence-electron chi connectivity index (χ0n) is 15.8. The van der Waals surface area contributed by atoms with Gasteiger partial charge in [-0.1, -0.05) is 45.1 Å². The number of rotatable bonds is 9. The lowest BCUT2D eigenvalue weighted by Gasteiger charge is -2.32. The van der Waals surface area contributed by atoms with Gasteiger partial charge in [0.05, 0.1) is 0 Å². The monoisotopic (exact) mass is 323 g/mol. The van der Waals surface area contributed by atoms with E-state index in [1.165, 1.54) is 32.1 Å². The molecule has 0 aromatic carbocycles. The minimum Gasteiger partial charge on any atom is -0.444 e. The van der Waals surface area contributed by atoms with Gasteiger partial charge in [0.2, 0.25) is 0 Å². The minimum absolute atomic E-state index is 0.123. The second kappa shape index (κ2) is 10.00. The fraction of sp³-hybridized carbons (Fsp3) is 0.850. The van der Waals surface area contributed by atoms with E-state index in [0.717, 1.165) is 32.1 Å². The van der Waals surface area contributed by atoms with Crippen molar-refractivity contribution in [1.29, 1.82) is 0 Å². The predicted octanol–water partition coefficient (Wildman–Crippen LogP) is 6.08. The first-order chi connectivity index (χ1) is 10.9. The molecule has 1 rings (SSSR count). The first-order valence-electron chi connectivity index (χ1n) is 9.51. The maximum absolute atomic E-state index is 12.7. The van der Waals surface area contributed by atoms with E-state index in [-0.39, 0.29) is 6.09 Å². The smallest absolute Gasteiger partial charge is 0.410 e. The molecule has 0 aromatic rings. The first-order valence-corrected chi connectivity index (χ1v) is 9.51. The lowest BCUT2D eigenvalue weighted by Crippen LogP contribution is -2.44. The van der Waals surface area contributed by atoms with Crippen LogP contribution in [-0.2, 0) is 4.74 Å². The van der Waals surface area contributed by atoms with Crippen LogP contribution < -0.4 is 0 Å². The summed E-state index contributed by atoms with van der Waals surface area (Å²) in [6.07, 6.45) is 13.6. The summed E-state index contributed by atoms with van der Waals surface area (Å²) in [6, 6.07) is 0.685. The highest BCUT2D eigenvalue weighted by Gasteiger charge is 2.38. The Balaban J connectivity index is 2.59. The molecule has 134 valence electrons. The van der Waals surface area contributed by atoms with Crippen LogP contribution in [0.15, 0.2) is 12.7 Å². The van der Waals surface area contributed by atoms with E-state index in [1.807, 2.05) is 26.8 Å². The summed E-state index contributed by atoms with van der Waals surface area (Å²) in [7, 11) is 0. The Morgan fingerprint density at radius 2 is 1.74 bits per heavy atom. The molecule has 0 spiro atoms. The topological polar surface area (TPSA) is 29.5 Å². The van der Waals surface area contributed by atoms with Crippen molar-refractivity contribution >= 4 is 6.09 Å². The Hall–Kier alpha value is -0.990. The molecule has 1 aliphatic heterocycles. The van der Waals surface area contributed by atoms with Gasteiger partial charge in [0.15, 0.2) is 0 Å². The van der Waals surface area contributed by atoms with Gasteiger partial charge < -0.3 is 9.64 Å². The van der Waals surface area contributed by atoms with Gasteiger partial charge in [-0.15, -0.1) is 6.58 Å². The summed E-state index contributed by atoms with van der Waals surface area (Å²) in [5.74, 6) is 0. The van der Waals surface area contributed by atoms with Crippen LogP contribution in [0.2, 0.25) is 0 Å². The minimum atomic E-state index is -0.422. The Bertz CT molecular complexity index is 359. The maximum atomic E-state index is 12.7. The summed E-state index contributed by atoms with van der Waals surface area (Å²) < 4.78 is 5.67. The number of amides is 1. The summed E-state index contributed by atoms with van der Waals surface area (Å²) in [4.78, 5) is 14.7. The van der Waals surface area contributed by atoms with Crippen molar-refractivity contribution in [2.75, 3.05) is 0 Å². The molecule has 0 aliphatic carbocycles. The quantitative estimate of drug-likeness (QED) is 0.380. The molecule has 0 saturated carbocycles. The van der Waals surface area contributed by atoms with Crippen molar-refractivity contribution in [2.45, 2.75) is 110 Å². The molecule has 3 nitrogen and oxygen atoms in total. The van der Waals surface area contributed by atoms with Crippen molar-refractivity contribution < 1.29 is 9.53 Å². The van der Waals surface area contributed by atoms with Gasteiger partial charge in [0.25, 0.3) is 0 Å². The molecule has 2 atom stereocenters. The molecule has 23 heavy (non-hydrogen) atoms. The van der Waals surface area contributed by atoms with Crippen LogP contribution in [0.3, 0.4) is 0 Å². The first kappa shape index (κ1) is 20.1. The van der Waals surface area contributed by atoms with Gasteiger partial charge in [-0.2, -0.15) is 0 Å². The van der Waals surface area contributed by atoms with Gasteiger partial charge >= 0.3 is 6.09 Å². The van der Waals surface area contributed by atoms with Gasteiger partial charge in [-0.3, -0.25) is 0 Å². The number of hydrogen-bond acceptors (Lipinski definition) is 2. The van der Waals surface area contributed by atoms with E-state index in [2.05, 4.69) is 18.4 Å². The molecule has 1 amide bonds. The maximum Gasteiger partial charge on any atom is 0.410 e. The molecule has 0 N–H and O–H groups in total. The number of carbonyl (C=O) groups is 1. The van der Waals surface area contributed by atoms with Gasteiger partial charge in [-0.05, 0) is 52.9 Å². The van der Waals surface area contributed by atoms with Crippen molar-refractivity contribution in [1.82, 2.24) is 4.90 Å². The Morgan fingerprint density at radius 3 is 2.30 bits per heavy atom. The largest absolute Gasteiger partial charge is 0.444 e. The van der Waals surface area contributed by atoms with Crippen LogP contribution in [-0.4, -0.2) is 28.7 Å². The fourth-order valence-corrected chi connectivity index (χ4v) is 3.43. The number of allylic oxidation sites excluding steroid dienone is 1. The molecule has 1 fully saturated rings. The molecule has 1 aliphatic rings. The molecule has 0 unspecified atom stereocenters. The van der Waals surface area contributed by atoms with Crippen LogP contribution >= 0.6 is 0 Å². The second-order valence-corrected chi connectivity index (χ2v) is 7.84. The molecule has 1 saturated heterocycles. The molecular weight excluding hydrogens is 286 g/mol. The Morgan fingerprint density at radius 1 is 1.13 bits per heavy atom. The summed E-state index contributed by atoms with van der Waals surface area (Å²) in [6.45, 7) is 11.9. The average molecular weight is 324 g/mol. The lowest BCUT2D eigenvalue weighted by atomic mass is 10.0. The molecule has 0 bridgehead atoms. The zero-order chi connectivity index (χ0) is 17.3. The van der Waals surface area contributed by atoms with Crippen molar-refractivity contribution in [2.24, 2.45) is 0 Å². The van der Waals surface area contributed by atoms with Crippen molar-refractivity contribution in [3.63, 3.8) is 0 Å². The van der Waals surface area contributed by atoms with E-state index >= 15 is 0 Å². The molecular formula is C20H37NO2. The number of carbonyl (C=O) groups excluding carboxylic acids is 1. The molecule has 3 heteroatoms. The molecule has 1 heterocycles. The number of unbranched alkanes of at least 4 members (excludes halogenated alkanes) is 4. The third kappa shape index (κ3) is 7.41. The lowest BCUT2D eigenvalue weighted by molar-refractivity contribution is 0.0131. The van der Waals surface area contributed by atoms with E-state index in [0.29, 0.717) is 12.1 Å². The van der Waals surface area contributed by atoms with Gasteiger partial charge in [0, 0.05) is 12.1 Å². The van der Waals surface area contributed by atoms with Crippen molar-refractivity contribution in [3.8, 4) is 0 Å². The number of hydrogen-bond donors (Lipinski definition) is 0. The van der Waals surface area contributed by atoms with Gasteiger partial charge in [0.1, 0.15) is 5.60 Å². The fourth-order valence-electron chi connectivity index (χ4n) is 3.43. The predicted molar refractivity (Wildman–Crippen MR) is 97.7 cm³/mol. The summed E-state index contributed by atoms with van der Waals surface area (Å²) in [5, 5.41) is 0. The van der Waals surface area contributed by atoms with Crippen LogP contribution in [0, 0.1) is 0 Å². The molecule has 0 radical (unpaired) electrons. The second-order valence-electron chi connectivity index (χ2n) is 7.84. The number of ether oxygens (including phenoxy) is 1. The summed E-state index contributed by atoms with van der Waals surface area (Å²) >= 11 is 0. The highest BCUT2D eigenvalue weighted by atomic mass is 16.6. The standard InChI is InChI=1S/C20H37NO2/c1-6-8-10-11-12-14-18-16-15-17(13-9-7-2)21(18)19(22)23-20(3,4)5/h7,17-18H,2,6,8-16H2,1,3-5H3/t17-,18+/m1/s1. The van der Waals surface area contributed by atoms with Crippen LogP contribution in [0.4, 0.5) is 4.79 Å². The highest BCUT2D eigenvalue weighted by Crippen LogP contribution is 2.32. The van der Waals surface area contributed by atoms with Gasteiger partial charge in [-0.25, -0.2) is 4.79 Å². The number of likely N-dealkylation sites (tertiary alicyclic amines) is 1. The van der Waals surface area contributed by atoms with Crippen molar-refractivity contribution in [3.05, 3.63) is 12.7 Å².